The van der Waals surface area contributed by atoms with Gasteiger partial charge in [0.2, 0.25) is 0 Å². The number of guanidine groups is 1. The lowest BCUT2D eigenvalue weighted by Gasteiger charge is -2.26. The predicted octanol–water partition coefficient (Wildman–Crippen LogP) is 2.83. The average molecular weight is 370 g/mol. The molecule has 0 radical (unpaired) electrons. The van der Waals surface area contributed by atoms with Crippen molar-refractivity contribution in [3.8, 4) is 5.75 Å². The highest BCUT2D eigenvalue weighted by atomic mass is 16.5. The number of aliphatic imine (C=N–C) groups is 1. The number of para-hydroxylation sites is 1. The van der Waals surface area contributed by atoms with Gasteiger partial charge in [-0.25, -0.2) is 0 Å². The molecule has 0 saturated carbocycles. The van der Waals surface area contributed by atoms with Crippen LogP contribution in [0.5, 0.6) is 5.75 Å². The first-order valence-electron chi connectivity index (χ1n) is 9.65. The van der Waals surface area contributed by atoms with E-state index in [1.807, 2.05) is 24.3 Å². The van der Waals surface area contributed by atoms with Crippen LogP contribution in [0.25, 0.3) is 0 Å². The number of hydrogen-bond acceptors (Lipinski definition) is 4. The third-order valence-corrected chi connectivity index (χ3v) is 5.02. The predicted molar refractivity (Wildman–Crippen MR) is 108 cm³/mol. The van der Waals surface area contributed by atoms with Gasteiger partial charge in [-0.15, -0.1) is 0 Å². The van der Waals surface area contributed by atoms with Gasteiger partial charge in [-0.3, -0.25) is 9.89 Å². The van der Waals surface area contributed by atoms with Crippen LogP contribution in [0.15, 0.2) is 52.1 Å². The minimum Gasteiger partial charge on any atom is -0.496 e. The summed E-state index contributed by atoms with van der Waals surface area (Å²) in [5.41, 5.74) is 1.19. The SMILES string of the molecule is CN=C(NCCc1ccccc1OC)NCC(c1ccco1)N1CCCC1. The summed E-state index contributed by atoms with van der Waals surface area (Å²) in [7, 11) is 3.51. The standard InChI is InChI=1S/C21H30N4O2/c1-22-21(23-12-11-17-8-3-4-9-19(17)26-2)24-16-18(20-10-7-15-27-20)25-13-5-6-14-25/h3-4,7-10,15,18H,5-6,11-14,16H2,1-2H3,(H2,22,23,24). The molecule has 1 aliphatic rings. The van der Waals surface area contributed by atoms with E-state index in [1.54, 1.807) is 20.4 Å². The highest BCUT2D eigenvalue weighted by molar-refractivity contribution is 5.79. The summed E-state index contributed by atoms with van der Waals surface area (Å²) in [6.07, 6.45) is 5.13. The summed E-state index contributed by atoms with van der Waals surface area (Å²) in [5.74, 6) is 2.74. The molecule has 27 heavy (non-hydrogen) atoms. The van der Waals surface area contributed by atoms with Gasteiger partial charge in [0.15, 0.2) is 5.96 Å². The highest BCUT2D eigenvalue weighted by Crippen LogP contribution is 2.24. The molecule has 2 heterocycles. The lowest BCUT2D eigenvalue weighted by atomic mass is 10.1. The smallest absolute Gasteiger partial charge is 0.191 e. The molecule has 1 fully saturated rings. The van der Waals surface area contributed by atoms with Gasteiger partial charge in [0, 0.05) is 20.1 Å². The first-order chi connectivity index (χ1) is 13.3. The number of benzene rings is 1. The number of furan rings is 1. The van der Waals surface area contributed by atoms with E-state index in [-0.39, 0.29) is 6.04 Å². The lowest BCUT2D eigenvalue weighted by Crippen LogP contribution is -2.43. The van der Waals surface area contributed by atoms with Gasteiger partial charge in [-0.1, -0.05) is 18.2 Å². The van der Waals surface area contributed by atoms with E-state index >= 15 is 0 Å². The molecule has 1 saturated heterocycles. The van der Waals surface area contributed by atoms with Crippen LogP contribution in [-0.4, -0.2) is 51.2 Å². The number of nitrogens with one attached hydrogen (secondary N) is 2. The second-order valence-electron chi connectivity index (χ2n) is 6.72. The number of likely N-dealkylation sites (tertiary alicyclic amines) is 1. The number of ether oxygens (including phenoxy) is 1. The van der Waals surface area contributed by atoms with Gasteiger partial charge in [-0.2, -0.15) is 0 Å². The molecule has 0 bridgehead atoms. The molecule has 1 aliphatic heterocycles. The van der Waals surface area contributed by atoms with Crippen molar-refractivity contribution in [1.82, 2.24) is 15.5 Å². The molecule has 0 amide bonds. The summed E-state index contributed by atoms with van der Waals surface area (Å²) in [4.78, 5) is 6.84. The van der Waals surface area contributed by atoms with Crippen molar-refractivity contribution >= 4 is 5.96 Å². The van der Waals surface area contributed by atoms with Crippen LogP contribution in [0.1, 0.15) is 30.2 Å². The minimum atomic E-state index is 0.232. The lowest BCUT2D eigenvalue weighted by molar-refractivity contribution is 0.215. The fourth-order valence-electron chi connectivity index (χ4n) is 3.58. The highest BCUT2D eigenvalue weighted by Gasteiger charge is 2.25. The molecule has 6 nitrogen and oxygen atoms in total. The number of rotatable bonds is 8. The van der Waals surface area contributed by atoms with Crippen LogP contribution in [0.3, 0.4) is 0 Å². The zero-order chi connectivity index (χ0) is 18.9. The maximum absolute atomic E-state index is 5.68. The van der Waals surface area contributed by atoms with Gasteiger partial charge in [-0.05, 0) is 56.1 Å². The quantitative estimate of drug-likeness (QED) is 0.553. The Labute approximate surface area is 161 Å². The molecule has 3 rings (SSSR count). The Hall–Kier alpha value is -2.47. The third-order valence-electron chi connectivity index (χ3n) is 5.02. The van der Waals surface area contributed by atoms with E-state index in [0.29, 0.717) is 0 Å². The molecular weight excluding hydrogens is 340 g/mol. The Morgan fingerprint density at radius 1 is 1.19 bits per heavy atom. The first-order valence-corrected chi connectivity index (χ1v) is 9.65. The van der Waals surface area contributed by atoms with E-state index in [0.717, 1.165) is 50.1 Å². The maximum Gasteiger partial charge on any atom is 0.191 e. The number of methoxy groups -OCH3 is 1. The van der Waals surface area contributed by atoms with Crippen molar-refractivity contribution in [2.75, 3.05) is 40.3 Å². The molecule has 2 aromatic rings. The molecule has 1 aromatic carbocycles. The molecule has 146 valence electrons. The minimum absolute atomic E-state index is 0.232. The van der Waals surface area contributed by atoms with Gasteiger partial charge < -0.3 is 19.8 Å². The van der Waals surface area contributed by atoms with Gasteiger partial charge in [0.25, 0.3) is 0 Å². The normalized spacial score (nSPS) is 16.3. The topological polar surface area (TPSA) is 62.0 Å². The Bertz CT molecular complexity index is 709. The van der Waals surface area contributed by atoms with Gasteiger partial charge in [0.1, 0.15) is 11.5 Å². The van der Waals surface area contributed by atoms with E-state index in [9.17, 15) is 0 Å². The number of nitrogens with zero attached hydrogens (tertiary/aromatic N) is 2. The Morgan fingerprint density at radius 2 is 2.00 bits per heavy atom. The van der Waals surface area contributed by atoms with Gasteiger partial charge in [0.05, 0.1) is 19.4 Å². The fourth-order valence-corrected chi connectivity index (χ4v) is 3.58. The molecule has 6 heteroatoms. The molecule has 1 unspecified atom stereocenters. The van der Waals surface area contributed by atoms with Crippen LogP contribution in [0.2, 0.25) is 0 Å². The van der Waals surface area contributed by atoms with Crippen LogP contribution in [-0.2, 0) is 6.42 Å². The van der Waals surface area contributed by atoms with E-state index < -0.39 is 0 Å². The zero-order valence-corrected chi connectivity index (χ0v) is 16.3. The summed E-state index contributed by atoms with van der Waals surface area (Å²) >= 11 is 0. The number of hydrogen-bond donors (Lipinski definition) is 2. The summed E-state index contributed by atoms with van der Waals surface area (Å²) in [5, 5.41) is 6.85. The van der Waals surface area contributed by atoms with Crippen molar-refractivity contribution in [3.05, 3.63) is 54.0 Å². The third kappa shape index (κ3) is 5.26. The van der Waals surface area contributed by atoms with Crippen molar-refractivity contribution in [2.45, 2.75) is 25.3 Å². The molecule has 0 aliphatic carbocycles. The second-order valence-corrected chi connectivity index (χ2v) is 6.72. The summed E-state index contributed by atoms with van der Waals surface area (Å²) < 4.78 is 11.1. The largest absolute Gasteiger partial charge is 0.496 e. The molecule has 1 atom stereocenters. The van der Waals surface area contributed by atoms with E-state index in [1.165, 1.54) is 18.4 Å². The Morgan fingerprint density at radius 3 is 2.70 bits per heavy atom. The van der Waals surface area contributed by atoms with Crippen molar-refractivity contribution in [3.63, 3.8) is 0 Å². The van der Waals surface area contributed by atoms with Crippen molar-refractivity contribution in [2.24, 2.45) is 4.99 Å². The zero-order valence-electron chi connectivity index (χ0n) is 16.3. The van der Waals surface area contributed by atoms with Crippen LogP contribution in [0.4, 0.5) is 0 Å². The summed E-state index contributed by atoms with van der Waals surface area (Å²) in [6, 6.07) is 12.4. The second kappa shape index (κ2) is 10.0. The van der Waals surface area contributed by atoms with Crippen LogP contribution in [0, 0.1) is 0 Å². The fraction of sp³-hybridized carbons (Fsp3) is 0.476. The van der Waals surface area contributed by atoms with Crippen molar-refractivity contribution in [1.29, 1.82) is 0 Å². The monoisotopic (exact) mass is 370 g/mol. The van der Waals surface area contributed by atoms with Crippen LogP contribution >= 0.6 is 0 Å². The van der Waals surface area contributed by atoms with Crippen molar-refractivity contribution < 1.29 is 9.15 Å². The van der Waals surface area contributed by atoms with E-state index in [4.69, 9.17) is 9.15 Å². The van der Waals surface area contributed by atoms with Gasteiger partial charge >= 0.3 is 0 Å². The average Bonchev–Trinajstić information content (AvgIpc) is 3.42. The maximum atomic E-state index is 5.68. The Kier molecular flexibility index (Phi) is 7.16. The summed E-state index contributed by atoms with van der Waals surface area (Å²) in [6.45, 7) is 3.79. The molecular formula is C21H30N4O2. The molecule has 0 spiro atoms. The molecule has 2 N–H and O–H groups in total. The first kappa shape index (κ1) is 19.3. The Balaban J connectivity index is 1.51. The molecule has 1 aromatic heterocycles. The van der Waals surface area contributed by atoms with E-state index in [2.05, 4.69) is 32.7 Å². The van der Waals surface area contributed by atoms with Crippen LogP contribution < -0.4 is 15.4 Å².